The number of aliphatic hydroxyl groups excluding tert-OH is 2. The fraction of sp³-hybridized carbons (Fsp3) is 0.923. The Kier molecular flexibility index (Phi) is 12.6. The van der Waals surface area contributed by atoms with Gasteiger partial charge in [0.1, 0.15) is 12.5 Å². The van der Waals surface area contributed by atoms with Gasteiger partial charge in [0.15, 0.2) is 0 Å². The van der Waals surface area contributed by atoms with Crippen molar-refractivity contribution in [2.75, 3.05) is 25.8 Å². The molecule has 194 valence electrons. The van der Waals surface area contributed by atoms with E-state index in [1.165, 1.54) is 19.3 Å². The summed E-state index contributed by atoms with van der Waals surface area (Å²) >= 11 is 6.33. The zero-order chi connectivity index (χ0) is 24.6. The SMILES string of the molecule is CC(C)[C@@H](NC(O)C1=CC[C@H](C)NC1)C(O)N(CCCP)CC(C)(C)CC1CCC(Cl)CC1. The molecular formula is C26H51ClN3O2P. The van der Waals surface area contributed by atoms with E-state index in [1.807, 2.05) is 0 Å². The number of aliphatic hydroxyl groups is 2. The summed E-state index contributed by atoms with van der Waals surface area (Å²) in [5, 5.41) is 29.6. The maximum Gasteiger partial charge on any atom is 0.128 e. The molecule has 7 heteroatoms. The van der Waals surface area contributed by atoms with Gasteiger partial charge in [0.2, 0.25) is 0 Å². The molecule has 0 bridgehead atoms. The molecule has 3 unspecified atom stereocenters. The zero-order valence-electron chi connectivity index (χ0n) is 21.7. The highest BCUT2D eigenvalue weighted by Crippen LogP contribution is 2.37. The number of hydrogen-bond donors (Lipinski definition) is 4. The normalized spacial score (nSPS) is 27.5. The number of rotatable bonds is 13. The molecule has 0 spiro atoms. The predicted molar refractivity (Wildman–Crippen MR) is 145 cm³/mol. The minimum Gasteiger partial charge on any atom is -0.377 e. The van der Waals surface area contributed by atoms with E-state index in [0.29, 0.717) is 18.0 Å². The number of alkyl halides is 1. The van der Waals surface area contributed by atoms with E-state index in [-0.39, 0.29) is 17.4 Å². The molecule has 1 aliphatic carbocycles. The maximum absolute atomic E-state index is 11.6. The van der Waals surface area contributed by atoms with Crippen LogP contribution in [0.3, 0.4) is 0 Å². The van der Waals surface area contributed by atoms with Gasteiger partial charge in [-0.25, -0.2) is 0 Å². The van der Waals surface area contributed by atoms with Gasteiger partial charge in [-0.05, 0) is 80.9 Å². The van der Waals surface area contributed by atoms with Crippen molar-refractivity contribution in [3.8, 4) is 0 Å². The van der Waals surface area contributed by atoms with E-state index in [1.54, 1.807) is 0 Å². The third kappa shape index (κ3) is 10.0. The first kappa shape index (κ1) is 29.5. The fourth-order valence-electron chi connectivity index (χ4n) is 5.44. The van der Waals surface area contributed by atoms with Crippen molar-refractivity contribution >= 4 is 20.8 Å². The molecule has 0 aromatic rings. The summed E-state index contributed by atoms with van der Waals surface area (Å²) in [6.07, 6.45) is 9.56. The smallest absolute Gasteiger partial charge is 0.128 e. The fourth-order valence-corrected chi connectivity index (χ4v) is 5.88. The Balaban J connectivity index is 2.05. The Hall–Kier alpha value is 0.260. The van der Waals surface area contributed by atoms with Crippen molar-refractivity contribution in [3.05, 3.63) is 11.6 Å². The second-order valence-electron chi connectivity index (χ2n) is 11.6. The number of hydrogen-bond acceptors (Lipinski definition) is 5. The van der Waals surface area contributed by atoms with Crippen LogP contribution in [0.5, 0.6) is 0 Å². The standard InChI is InChI=1S/C26H51ClN3O2P/c1-18(2)23(29-24(31)21-10-7-19(3)28-16-21)25(32)30(13-6-14-33)17-26(4,5)15-20-8-11-22(27)12-9-20/h10,18-20,22-25,28-29,31-32H,6-9,11-17,33H2,1-5H3/t19-,20?,22?,23+,24?,25?/m0/s1. The van der Waals surface area contributed by atoms with Crippen LogP contribution in [0.25, 0.3) is 0 Å². The Labute approximate surface area is 210 Å². The van der Waals surface area contributed by atoms with Crippen LogP contribution in [-0.4, -0.2) is 70.8 Å². The van der Waals surface area contributed by atoms with Gasteiger partial charge in [-0.15, -0.1) is 20.8 Å². The number of nitrogens with one attached hydrogen (secondary N) is 2. The first-order chi connectivity index (χ1) is 15.5. The van der Waals surface area contributed by atoms with Crippen LogP contribution in [-0.2, 0) is 0 Å². The lowest BCUT2D eigenvalue weighted by atomic mass is 9.76. The van der Waals surface area contributed by atoms with E-state index in [0.717, 1.165) is 56.4 Å². The number of nitrogens with zero attached hydrogens (tertiary/aromatic N) is 1. The van der Waals surface area contributed by atoms with Crippen molar-refractivity contribution in [1.82, 2.24) is 15.5 Å². The Morgan fingerprint density at radius 1 is 1.24 bits per heavy atom. The minimum atomic E-state index is -0.741. The molecule has 33 heavy (non-hydrogen) atoms. The summed E-state index contributed by atoms with van der Waals surface area (Å²) in [6.45, 7) is 13.5. The molecular weight excluding hydrogens is 453 g/mol. The molecule has 1 fully saturated rings. The molecule has 1 heterocycles. The third-order valence-electron chi connectivity index (χ3n) is 7.40. The highest BCUT2D eigenvalue weighted by atomic mass is 35.5. The summed E-state index contributed by atoms with van der Waals surface area (Å²) in [6, 6.07) is 0.226. The molecule has 2 rings (SSSR count). The Morgan fingerprint density at radius 2 is 1.91 bits per heavy atom. The van der Waals surface area contributed by atoms with E-state index in [2.05, 4.69) is 65.5 Å². The van der Waals surface area contributed by atoms with Gasteiger partial charge >= 0.3 is 0 Å². The van der Waals surface area contributed by atoms with Gasteiger partial charge < -0.3 is 15.5 Å². The van der Waals surface area contributed by atoms with Crippen LogP contribution in [0.1, 0.15) is 79.6 Å². The molecule has 0 radical (unpaired) electrons. The topological polar surface area (TPSA) is 67.8 Å². The van der Waals surface area contributed by atoms with Gasteiger partial charge in [0, 0.05) is 31.1 Å². The third-order valence-corrected chi connectivity index (χ3v) is 8.25. The van der Waals surface area contributed by atoms with Crippen LogP contribution < -0.4 is 10.6 Å². The van der Waals surface area contributed by atoms with Crippen LogP contribution >= 0.6 is 20.8 Å². The molecule has 1 saturated carbocycles. The van der Waals surface area contributed by atoms with Crippen molar-refractivity contribution in [1.29, 1.82) is 0 Å². The van der Waals surface area contributed by atoms with Gasteiger partial charge in [-0.2, -0.15) is 0 Å². The quantitative estimate of drug-likeness (QED) is 0.130. The van der Waals surface area contributed by atoms with Crippen molar-refractivity contribution < 1.29 is 10.2 Å². The summed E-state index contributed by atoms with van der Waals surface area (Å²) in [7, 11) is 2.81. The van der Waals surface area contributed by atoms with Gasteiger partial charge in [-0.3, -0.25) is 10.2 Å². The van der Waals surface area contributed by atoms with Gasteiger partial charge in [0.05, 0.1) is 6.04 Å². The second-order valence-corrected chi connectivity index (χ2v) is 12.8. The predicted octanol–water partition coefficient (Wildman–Crippen LogP) is 4.33. The van der Waals surface area contributed by atoms with Crippen LogP contribution in [0.4, 0.5) is 0 Å². The van der Waals surface area contributed by atoms with Crippen molar-refractivity contribution in [3.63, 3.8) is 0 Å². The van der Waals surface area contributed by atoms with Crippen LogP contribution in [0, 0.1) is 17.3 Å². The second kappa shape index (κ2) is 14.1. The molecule has 5 nitrogen and oxygen atoms in total. The van der Waals surface area contributed by atoms with Gasteiger partial charge in [-0.1, -0.05) is 33.8 Å². The van der Waals surface area contributed by atoms with E-state index < -0.39 is 12.5 Å². The monoisotopic (exact) mass is 503 g/mol. The first-order valence-corrected chi connectivity index (χ1v) is 14.4. The van der Waals surface area contributed by atoms with Gasteiger partial charge in [0.25, 0.3) is 0 Å². The first-order valence-electron chi connectivity index (χ1n) is 13.1. The van der Waals surface area contributed by atoms with Crippen molar-refractivity contribution in [2.24, 2.45) is 17.3 Å². The lowest BCUT2D eigenvalue weighted by Gasteiger charge is -2.42. The summed E-state index contributed by atoms with van der Waals surface area (Å²) in [5.74, 6) is 0.913. The average molecular weight is 504 g/mol. The molecule has 1 aliphatic heterocycles. The Morgan fingerprint density at radius 3 is 2.45 bits per heavy atom. The largest absolute Gasteiger partial charge is 0.377 e. The molecule has 0 amide bonds. The average Bonchev–Trinajstić information content (AvgIpc) is 2.76. The minimum absolute atomic E-state index is 0.109. The summed E-state index contributed by atoms with van der Waals surface area (Å²) in [4.78, 5) is 2.25. The summed E-state index contributed by atoms with van der Waals surface area (Å²) < 4.78 is 0. The molecule has 0 aromatic heterocycles. The molecule has 0 aromatic carbocycles. The molecule has 5 atom stereocenters. The number of halogens is 1. The summed E-state index contributed by atoms with van der Waals surface area (Å²) in [5.41, 5.74) is 1.08. The molecule has 2 aliphatic rings. The van der Waals surface area contributed by atoms with E-state index in [9.17, 15) is 10.2 Å². The lowest BCUT2D eigenvalue weighted by Crippen LogP contribution is -2.58. The van der Waals surface area contributed by atoms with Crippen molar-refractivity contribution in [2.45, 2.75) is 109 Å². The maximum atomic E-state index is 11.6. The van der Waals surface area contributed by atoms with Crippen LogP contribution in [0.15, 0.2) is 11.6 Å². The highest BCUT2D eigenvalue weighted by molar-refractivity contribution is 7.16. The van der Waals surface area contributed by atoms with E-state index in [4.69, 9.17) is 11.6 Å². The zero-order valence-corrected chi connectivity index (χ0v) is 23.6. The highest BCUT2D eigenvalue weighted by Gasteiger charge is 2.35. The van der Waals surface area contributed by atoms with E-state index >= 15 is 0 Å². The lowest BCUT2D eigenvalue weighted by molar-refractivity contribution is -0.0644. The Bertz CT molecular complexity index is 596. The molecule has 4 N–H and O–H groups in total. The molecule has 0 saturated heterocycles. The van der Waals surface area contributed by atoms with Crippen LogP contribution in [0.2, 0.25) is 0 Å².